The van der Waals surface area contributed by atoms with Gasteiger partial charge in [-0.2, -0.15) is 0 Å². The first-order valence-electron chi connectivity index (χ1n) is 4.48. The Morgan fingerprint density at radius 1 is 1.46 bits per heavy atom. The van der Waals surface area contributed by atoms with Crippen LogP contribution in [0, 0.1) is 0 Å². The van der Waals surface area contributed by atoms with Gasteiger partial charge in [-0.3, -0.25) is 0 Å². The Morgan fingerprint density at radius 3 is 2.69 bits per heavy atom. The average molecular weight is 179 g/mol. The number of aliphatic hydroxyl groups is 1. The van der Waals surface area contributed by atoms with Crippen LogP contribution in [-0.2, 0) is 0 Å². The van der Waals surface area contributed by atoms with Crippen molar-refractivity contribution < 1.29 is 5.11 Å². The molecule has 0 radical (unpaired) electrons. The van der Waals surface area contributed by atoms with Gasteiger partial charge in [-0.05, 0) is 25.3 Å². The van der Waals surface area contributed by atoms with Crippen LogP contribution in [0.5, 0.6) is 0 Å². The standard InChI is InChI=1S/C9H13N3O/c10-9(13)4-1-3-7(9)8-11-5-2-6-12-8/h2,5-7,13H,1,3-4,10H2. The Morgan fingerprint density at radius 2 is 2.15 bits per heavy atom. The van der Waals surface area contributed by atoms with E-state index in [1.165, 1.54) is 0 Å². The van der Waals surface area contributed by atoms with E-state index in [0.29, 0.717) is 12.2 Å². The fraction of sp³-hybridized carbons (Fsp3) is 0.556. The van der Waals surface area contributed by atoms with E-state index in [1.54, 1.807) is 18.5 Å². The second-order valence-corrected chi connectivity index (χ2v) is 3.54. The highest BCUT2D eigenvalue weighted by Crippen LogP contribution is 2.37. The molecule has 2 rings (SSSR count). The number of nitrogens with zero attached hydrogens (tertiary/aromatic N) is 2. The molecule has 4 heteroatoms. The highest BCUT2D eigenvalue weighted by atomic mass is 16.3. The summed E-state index contributed by atoms with van der Waals surface area (Å²) < 4.78 is 0. The first-order valence-corrected chi connectivity index (χ1v) is 4.48. The van der Waals surface area contributed by atoms with Gasteiger partial charge in [0.15, 0.2) is 0 Å². The van der Waals surface area contributed by atoms with Gasteiger partial charge in [-0.15, -0.1) is 0 Å². The monoisotopic (exact) mass is 179 g/mol. The van der Waals surface area contributed by atoms with Gasteiger partial charge in [0.1, 0.15) is 11.5 Å². The number of hydrogen-bond donors (Lipinski definition) is 2. The third-order valence-corrected chi connectivity index (χ3v) is 2.57. The molecule has 0 amide bonds. The Kier molecular flexibility index (Phi) is 2.01. The SMILES string of the molecule is NC1(O)CCCC1c1ncccn1. The van der Waals surface area contributed by atoms with Gasteiger partial charge in [-0.1, -0.05) is 0 Å². The molecule has 0 aromatic carbocycles. The fourth-order valence-electron chi connectivity index (χ4n) is 1.86. The van der Waals surface area contributed by atoms with E-state index in [1.807, 2.05) is 0 Å². The van der Waals surface area contributed by atoms with Crippen LogP contribution in [0.1, 0.15) is 31.0 Å². The van der Waals surface area contributed by atoms with Crippen LogP contribution < -0.4 is 5.73 Å². The van der Waals surface area contributed by atoms with Crippen LogP contribution in [0.2, 0.25) is 0 Å². The predicted octanol–water partition coefficient (Wildman–Crippen LogP) is 0.391. The molecule has 0 spiro atoms. The molecule has 0 saturated heterocycles. The highest BCUT2D eigenvalue weighted by Gasteiger charge is 2.40. The van der Waals surface area contributed by atoms with Crippen LogP contribution in [-0.4, -0.2) is 20.8 Å². The van der Waals surface area contributed by atoms with Crippen molar-refractivity contribution in [1.82, 2.24) is 9.97 Å². The van der Waals surface area contributed by atoms with Crippen molar-refractivity contribution in [2.24, 2.45) is 5.73 Å². The minimum Gasteiger partial charge on any atom is -0.375 e. The van der Waals surface area contributed by atoms with Gasteiger partial charge in [0.05, 0.1) is 5.92 Å². The van der Waals surface area contributed by atoms with Crippen molar-refractivity contribution in [3.8, 4) is 0 Å². The summed E-state index contributed by atoms with van der Waals surface area (Å²) in [6.45, 7) is 0. The molecule has 1 saturated carbocycles. The predicted molar refractivity (Wildman–Crippen MR) is 47.8 cm³/mol. The van der Waals surface area contributed by atoms with Crippen LogP contribution in [0.15, 0.2) is 18.5 Å². The summed E-state index contributed by atoms with van der Waals surface area (Å²) in [4.78, 5) is 8.21. The lowest BCUT2D eigenvalue weighted by Crippen LogP contribution is -2.42. The molecule has 4 nitrogen and oxygen atoms in total. The van der Waals surface area contributed by atoms with Crippen molar-refractivity contribution in [2.45, 2.75) is 30.9 Å². The summed E-state index contributed by atoms with van der Waals surface area (Å²) in [5.74, 6) is 0.554. The van der Waals surface area contributed by atoms with Crippen molar-refractivity contribution in [3.05, 3.63) is 24.3 Å². The van der Waals surface area contributed by atoms with E-state index >= 15 is 0 Å². The van der Waals surface area contributed by atoms with Crippen molar-refractivity contribution in [3.63, 3.8) is 0 Å². The molecule has 70 valence electrons. The van der Waals surface area contributed by atoms with Gasteiger partial charge in [0.25, 0.3) is 0 Å². The summed E-state index contributed by atoms with van der Waals surface area (Å²) in [6, 6.07) is 1.76. The first kappa shape index (κ1) is 8.59. The van der Waals surface area contributed by atoms with Crippen molar-refractivity contribution in [2.75, 3.05) is 0 Å². The Bertz CT molecular complexity index is 286. The molecule has 1 fully saturated rings. The molecular formula is C9H13N3O. The van der Waals surface area contributed by atoms with Crippen LogP contribution in [0.4, 0.5) is 0 Å². The van der Waals surface area contributed by atoms with E-state index in [9.17, 15) is 5.11 Å². The minimum atomic E-state index is -1.11. The van der Waals surface area contributed by atoms with Gasteiger partial charge in [0, 0.05) is 12.4 Å². The average Bonchev–Trinajstić information content (AvgIpc) is 2.47. The maximum Gasteiger partial charge on any atom is 0.135 e. The minimum absolute atomic E-state index is 0.103. The van der Waals surface area contributed by atoms with Crippen LogP contribution >= 0.6 is 0 Å². The molecule has 1 aliphatic rings. The van der Waals surface area contributed by atoms with E-state index in [-0.39, 0.29) is 5.92 Å². The topological polar surface area (TPSA) is 72.0 Å². The molecule has 2 unspecified atom stereocenters. The van der Waals surface area contributed by atoms with E-state index in [0.717, 1.165) is 12.8 Å². The number of aromatic nitrogens is 2. The maximum atomic E-state index is 9.81. The van der Waals surface area contributed by atoms with Gasteiger partial charge < -0.3 is 10.8 Å². The summed E-state index contributed by atoms with van der Waals surface area (Å²) in [6.07, 6.45) is 5.80. The zero-order chi connectivity index (χ0) is 9.31. The molecule has 0 aliphatic heterocycles. The zero-order valence-electron chi connectivity index (χ0n) is 7.35. The summed E-state index contributed by atoms with van der Waals surface area (Å²) in [5, 5.41) is 9.81. The summed E-state index contributed by atoms with van der Waals surface area (Å²) in [5.41, 5.74) is 4.62. The molecule has 1 aromatic rings. The molecule has 1 heterocycles. The van der Waals surface area contributed by atoms with Crippen LogP contribution in [0.3, 0.4) is 0 Å². The number of rotatable bonds is 1. The van der Waals surface area contributed by atoms with Crippen molar-refractivity contribution in [1.29, 1.82) is 0 Å². The number of hydrogen-bond acceptors (Lipinski definition) is 4. The first-order chi connectivity index (χ1) is 6.20. The van der Waals surface area contributed by atoms with Crippen LogP contribution in [0.25, 0.3) is 0 Å². The Hall–Kier alpha value is -1.00. The second-order valence-electron chi connectivity index (χ2n) is 3.54. The fourth-order valence-corrected chi connectivity index (χ4v) is 1.86. The maximum absolute atomic E-state index is 9.81. The molecule has 1 aromatic heterocycles. The Labute approximate surface area is 76.8 Å². The molecule has 13 heavy (non-hydrogen) atoms. The lowest BCUT2D eigenvalue weighted by Gasteiger charge is -2.23. The van der Waals surface area contributed by atoms with Gasteiger partial charge in [0.2, 0.25) is 0 Å². The quantitative estimate of drug-likeness (QED) is 0.612. The lowest BCUT2D eigenvalue weighted by molar-refractivity contribution is 0.0342. The second kappa shape index (κ2) is 3.05. The summed E-state index contributed by atoms with van der Waals surface area (Å²) in [7, 11) is 0. The van der Waals surface area contributed by atoms with E-state index in [2.05, 4.69) is 9.97 Å². The Balaban J connectivity index is 2.27. The zero-order valence-corrected chi connectivity index (χ0v) is 7.35. The van der Waals surface area contributed by atoms with Gasteiger partial charge >= 0.3 is 0 Å². The molecule has 0 bridgehead atoms. The van der Waals surface area contributed by atoms with E-state index in [4.69, 9.17) is 5.73 Å². The highest BCUT2D eigenvalue weighted by molar-refractivity contribution is 5.07. The largest absolute Gasteiger partial charge is 0.375 e. The molecule has 1 aliphatic carbocycles. The smallest absolute Gasteiger partial charge is 0.135 e. The summed E-state index contributed by atoms with van der Waals surface area (Å²) >= 11 is 0. The molecule has 2 atom stereocenters. The third kappa shape index (κ3) is 1.55. The normalized spacial score (nSPS) is 33.5. The third-order valence-electron chi connectivity index (χ3n) is 2.57. The van der Waals surface area contributed by atoms with Crippen molar-refractivity contribution >= 4 is 0 Å². The molecule has 3 N–H and O–H groups in total. The lowest BCUT2D eigenvalue weighted by atomic mass is 10.00. The van der Waals surface area contributed by atoms with Gasteiger partial charge in [-0.25, -0.2) is 9.97 Å². The van der Waals surface area contributed by atoms with E-state index < -0.39 is 5.72 Å². The molecular weight excluding hydrogens is 166 g/mol. The number of nitrogens with two attached hydrogens (primary N) is 1.